The minimum atomic E-state index is -0.569. The lowest BCUT2D eigenvalue weighted by Crippen LogP contribution is -2.32. The number of hydrogen-bond acceptors (Lipinski definition) is 7. The highest BCUT2D eigenvalue weighted by Gasteiger charge is 2.52. The Kier molecular flexibility index (Phi) is 6.98. The summed E-state index contributed by atoms with van der Waals surface area (Å²) in [6, 6.07) is 13.3. The SMILES string of the molecule is CCCN(CCO)C(c1cnc(NC(=O)C2(c3ccc4c(c3)OCO4)CC2)s1)c1ccccc1Cl. The number of nitrogens with zero attached hydrogens (tertiary/aromatic N) is 2. The lowest BCUT2D eigenvalue weighted by Gasteiger charge is -2.31. The fraction of sp³-hybridized carbons (Fsp3) is 0.385. The number of thiazole rings is 1. The maximum atomic E-state index is 13.4. The first kappa shape index (κ1) is 24.1. The minimum absolute atomic E-state index is 0.0431. The van der Waals surface area contributed by atoms with Crippen molar-refractivity contribution < 1.29 is 19.4 Å². The molecule has 184 valence electrons. The van der Waals surface area contributed by atoms with E-state index >= 15 is 0 Å². The van der Waals surface area contributed by atoms with Crippen LogP contribution in [-0.2, 0) is 10.2 Å². The van der Waals surface area contributed by atoms with Crippen molar-refractivity contribution in [3.05, 3.63) is 69.7 Å². The molecule has 1 saturated carbocycles. The summed E-state index contributed by atoms with van der Waals surface area (Å²) in [5.41, 5.74) is 1.32. The second kappa shape index (κ2) is 10.1. The predicted molar refractivity (Wildman–Crippen MR) is 136 cm³/mol. The monoisotopic (exact) mass is 513 g/mol. The number of benzene rings is 2. The number of nitrogens with one attached hydrogen (secondary N) is 1. The number of carbonyl (C=O) groups is 1. The summed E-state index contributed by atoms with van der Waals surface area (Å²) < 4.78 is 10.9. The van der Waals surface area contributed by atoms with Crippen molar-refractivity contribution in [1.82, 2.24) is 9.88 Å². The highest BCUT2D eigenvalue weighted by molar-refractivity contribution is 7.15. The van der Waals surface area contributed by atoms with Crippen LogP contribution in [0.15, 0.2) is 48.7 Å². The average molecular weight is 514 g/mol. The van der Waals surface area contributed by atoms with E-state index in [4.69, 9.17) is 21.1 Å². The highest BCUT2D eigenvalue weighted by atomic mass is 35.5. The van der Waals surface area contributed by atoms with Gasteiger partial charge in [-0.1, -0.05) is 54.1 Å². The van der Waals surface area contributed by atoms with Crippen LogP contribution in [-0.4, -0.2) is 47.4 Å². The molecule has 1 unspecified atom stereocenters. The lowest BCUT2D eigenvalue weighted by molar-refractivity contribution is -0.118. The number of rotatable bonds is 10. The van der Waals surface area contributed by atoms with Gasteiger partial charge in [0.25, 0.3) is 0 Å². The standard InChI is InChI=1S/C26H28ClN3O4S/c1-2-11-30(12-13-31)23(18-5-3-4-6-19(18)27)22-15-28-25(35-22)29-24(32)26(9-10-26)17-7-8-20-21(14-17)34-16-33-20/h3-8,14-15,23,31H,2,9-13,16H2,1H3,(H,28,29,32). The Hall–Kier alpha value is -2.65. The summed E-state index contributed by atoms with van der Waals surface area (Å²) in [5.74, 6) is 1.33. The molecule has 1 atom stereocenters. The number of aliphatic hydroxyl groups is 1. The van der Waals surface area contributed by atoms with E-state index in [1.807, 2.05) is 42.5 Å². The fourth-order valence-corrected chi connectivity index (χ4v) is 5.87. The Morgan fingerprint density at radius 1 is 1.23 bits per heavy atom. The number of fused-ring (bicyclic) bond motifs is 1. The highest BCUT2D eigenvalue weighted by Crippen LogP contribution is 2.51. The number of carbonyl (C=O) groups excluding carboxylic acids is 1. The Labute approximate surface area is 213 Å². The van der Waals surface area contributed by atoms with Gasteiger partial charge in [0.1, 0.15) is 0 Å². The molecule has 7 nitrogen and oxygen atoms in total. The van der Waals surface area contributed by atoms with Gasteiger partial charge < -0.3 is 19.9 Å². The van der Waals surface area contributed by atoms with Crippen LogP contribution < -0.4 is 14.8 Å². The molecule has 2 aromatic carbocycles. The van der Waals surface area contributed by atoms with E-state index in [0.29, 0.717) is 28.2 Å². The minimum Gasteiger partial charge on any atom is -0.454 e. The molecule has 9 heteroatoms. The smallest absolute Gasteiger partial charge is 0.236 e. The molecule has 0 bridgehead atoms. The first-order valence-electron chi connectivity index (χ1n) is 11.8. The maximum Gasteiger partial charge on any atom is 0.236 e. The average Bonchev–Trinajstić information content (AvgIpc) is 3.32. The van der Waals surface area contributed by atoms with Crippen molar-refractivity contribution in [2.24, 2.45) is 0 Å². The Balaban J connectivity index is 1.39. The molecular formula is C26H28ClN3O4S. The van der Waals surface area contributed by atoms with Crippen LogP contribution in [0.1, 0.15) is 48.2 Å². The Morgan fingerprint density at radius 2 is 2.03 bits per heavy atom. The second-order valence-electron chi connectivity index (χ2n) is 8.86. The van der Waals surface area contributed by atoms with Gasteiger partial charge >= 0.3 is 0 Å². The van der Waals surface area contributed by atoms with Crippen molar-refractivity contribution in [1.29, 1.82) is 0 Å². The summed E-state index contributed by atoms with van der Waals surface area (Å²) in [6.07, 6.45) is 4.29. The molecular weight excluding hydrogens is 486 g/mol. The zero-order valence-electron chi connectivity index (χ0n) is 19.5. The third-order valence-corrected chi connectivity index (χ3v) is 7.90. The normalized spacial score (nSPS) is 16.3. The number of ether oxygens (including phenoxy) is 2. The van der Waals surface area contributed by atoms with Crippen LogP contribution in [0, 0.1) is 0 Å². The molecule has 1 fully saturated rings. The van der Waals surface area contributed by atoms with E-state index in [-0.39, 0.29) is 25.3 Å². The molecule has 2 aliphatic rings. The summed E-state index contributed by atoms with van der Waals surface area (Å²) in [5, 5.41) is 14.0. The third-order valence-electron chi connectivity index (χ3n) is 6.59. The van der Waals surface area contributed by atoms with Crippen LogP contribution in [0.5, 0.6) is 11.5 Å². The largest absolute Gasteiger partial charge is 0.454 e. The van der Waals surface area contributed by atoms with E-state index in [1.54, 1.807) is 6.20 Å². The third kappa shape index (κ3) is 4.76. The maximum absolute atomic E-state index is 13.4. The molecule has 1 amide bonds. The van der Waals surface area contributed by atoms with Crippen LogP contribution in [0.3, 0.4) is 0 Å². The molecule has 2 heterocycles. The molecule has 0 radical (unpaired) electrons. The van der Waals surface area contributed by atoms with Crippen LogP contribution >= 0.6 is 22.9 Å². The Bertz CT molecular complexity index is 1210. The molecule has 35 heavy (non-hydrogen) atoms. The second-order valence-corrected chi connectivity index (χ2v) is 10.3. The van der Waals surface area contributed by atoms with Crippen molar-refractivity contribution in [3.8, 4) is 11.5 Å². The van der Waals surface area contributed by atoms with Gasteiger partial charge in [0.2, 0.25) is 12.7 Å². The van der Waals surface area contributed by atoms with Crippen molar-refractivity contribution in [2.75, 3.05) is 31.8 Å². The van der Waals surface area contributed by atoms with E-state index in [9.17, 15) is 9.90 Å². The molecule has 3 aromatic rings. The topological polar surface area (TPSA) is 83.9 Å². The van der Waals surface area contributed by atoms with Crippen LogP contribution in [0.2, 0.25) is 5.02 Å². The zero-order chi connectivity index (χ0) is 24.4. The van der Waals surface area contributed by atoms with Gasteiger partial charge in [0.05, 0.1) is 18.1 Å². The number of hydrogen-bond donors (Lipinski definition) is 2. The first-order valence-corrected chi connectivity index (χ1v) is 13.0. The number of amides is 1. The molecule has 1 aliphatic carbocycles. The predicted octanol–water partition coefficient (Wildman–Crippen LogP) is 4.99. The summed E-state index contributed by atoms with van der Waals surface area (Å²) in [6.45, 7) is 3.66. The summed E-state index contributed by atoms with van der Waals surface area (Å²) in [4.78, 5) is 21.1. The van der Waals surface area contributed by atoms with Crippen molar-refractivity contribution in [3.63, 3.8) is 0 Å². The van der Waals surface area contributed by atoms with E-state index in [2.05, 4.69) is 22.1 Å². The van der Waals surface area contributed by atoms with Gasteiger partial charge in [0.15, 0.2) is 16.6 Å². The number of aromatic nitrogens is 1. The number of aliphatic hydroxyl groups excluding tert-OH is 1. The van der Waals surface area contributed by atoms with Crippen molar-refractivity contribution in [2.45, 2.75) is 37.6 Å². The molecule has 2 N–H and O–H groups in total. The van der Waals surface area contributed by atoms with Gasteiger partial charge in [-0.25, -0.2) is 4.98 Å². The van der Waals surface area contributed by atoms with Crippen LogP contribution in [0.4, 0.5) is 5.13 Å². The number of anilines is 1. The van der Waals surface area contributed by atoms with E-state index < -0.39 is 5.41 Å². The van der Waals surface area contributed by atoms with Crippen LogP contribution in [0.25, 0.3) is 0 Å². The molecule has 5 rings (SSSR count). The Morgan fingerprint density at radius 3 is 2.77 bits per heavy atom. The quantitative estimate of drug-likeness (QED) is 0.397. The van der Waals surface area contributed by atoms with Gasteiger partial charge in [-0.15, -0.1) is 0 Å². The summed E-state index contributed by atoms with van der Waals surface area (Å²) >= 11 is 8.03. The van der Waals surface area contributed by atoms with E-state index in [0.717, 1.165) is 41.8 Å². The summed E-state index contributed by atoms with van der Waals surface area (Å²) in [7, 11) is 0. The van der Waals surface area contributed by atoms with Gasteiger partial charge in [-0.3, -0.25) is 9.69 Å². The first-order chi connectivity index (χ1) is 17.1. The van der Waals surface area contributed by atoms with Crippen molar-refractivity contribution >= 4 is 34.0 Å². The van der Waals surface area contributed by atoms with Gasteiger partial charge in [0, 0.05) is 22.6 Å². The molecule has 1 aliphatic heterocycles. The lowest BCUT2D eigenvalue weighted by atomic mass is 9.94. The van der Waals surface area contributed by atoms with Gasteiger partial charge in [-0.05, 0) is 55.1 Å². The number of halogens is 1. The fourth-order valence-electron chi connectivity index (χ4n) is 4.67. The zero-order valence-corrected chi connectivity index (χ0v) is 21.1. The van der Waals surface area contributed by atoms with E-state index in [1.165, 1.54) is 11.3 Å². The molecule has 0 spiro atoms. The van der Waals surface area contributed by atoms with Gasteiger partial charge in [-0.2, -0.15) is 0 Å². The molecule has 0 saturated heterocycles. The molecule has 1 aromatic heterocycles.